The zero-order chi connectivity index (χ0) is 31.4. The van der Waals surface area contributed by atoms with Gasteiger partial charge in [0.2, 0.25) is 9.84 Å². The summed E-state index contributed by atoms with van der Waals surface area (Å²) in [5.41, 5.74) is 1.05. The molecule has 0 heterocycles. The smallest absolute Gasteiger partial charge is 0.206 e. The van der Waals surface area contributed by atoms with E-state index in [9.17, 15) is 18.6 Å². The molecule has 0 saturated heterocycles. The Balaban J connectivity index is 1.46. The molecule has 0 atom stereocenters. The summed E-state index contributed by atoms with van der Waals surface area (Å²) in [7, 11) is -3.77. The van der Waals surface area contributed by atoms with Gasteiger partial charge in [-0.15, -0.1) is 0 Å². The van der Waals surface area contributed by atoms with Crippen LogP contribution in [0.5, 0.6) is 23.0 Å². The molecule has 0 spiro atoms. The van der Waals surface area contributed by atoms with E-state index in [1.807, 2.05) is 32.0 Å². The molecule has 4 aromatic rings. The maximum Gasteiger partial charge on any atom is 0.206 e. The van der Waals surface area contributed by atoms with Crippen molar-refractivity contribution in [2.24, 2.45) is 0 Å². The third-order valence-corrected chi connectivity index (χ3v) is 7.77. The van der Waals surface area contributed by atoms with Crippen molar-refractivity contribution in [1.82, 2.24) is 0 Å². The third-order valence-electron chi connectivity index (χ3n) is 5.98. The van der Waals surface area contributed by atoms with Crippen LogP contribution >= 0.6 is 0 Å². The summed E-state index contributed by atoms with van der Waals surface area (Å²) in [4.78, 5) is 0.268. The number of hydrogen-bond donors (Lipinski definition) is 2. The molecule has 7 heteroatoms. The number of rotatable bonds is 6. The molecule has 0 aliphatic rings. The minimum absolute atomic E-state index is 0.132. The van der Waals surface area contributed by atoms with Crippen LogP contribution in [0.2, 0.25) is 0 Å². The highest BCUT2D eigenvalue weighted by atomic mass is 32.2. The van der Waals surface area contributed by atoms with E-state index in [0.717, 1.165) is 16.7 Å². The standard InChI is InChI=1S/C36H34O6S/c1-25-21-28(18-20-36(5,6)38)24-31(22-25)41-29-8-12-32(13-9-29)43(39,40)33-14-10-30(11-15-33)42-34-16-7-27(23-26(34)2)17-19-35(3,4)37/h7-16,21-24,37-38H,1-6H3. The first-order valence-corrected chi connectivity index (χ1v) is 15.1. The molecular formula is C36H34O6S. The van der Waals surface area contributed by atoms with Crippen molar-refractivity contribution >= 4 is 9.84 Å². The van der Waals surface area contributed by atoms with Gasteiger partial charge in [-0.1, -0.05) is 23.7 Å². The monoisotopic (exact) mass is 594 g/mol. The molecule has 6 nitrogen and oxygen atoms in total. The highest BCUT2D eigenvalue weighted by molar-refractivity contribution is 7.91. The summed E-state index contributed by atoms with van der Waals surface area (Å²) in [6.07, 6.45) is 0. The number of aryl methyl sites for hydroxylation is 2. The Morgan fingerprint density at radius 1 is 0.605 bits per heavy atom. The number of sulfone groups is 1. The predicted octanol–water partition coefficient (Wildman–Crippen LogP) is 6.97. The van der Waals surface area contributed by atoms with Crippen molar-refractivity contribution in [3.8, 4) is 46.7 Å². The fourth-order valence-electron chi connectivity index (χ4n) is 3.94. The molecule has 0 fully saturated rings. The Morgan fingerprint density at radius 2 is 1.12 bits per heavy atom. The molecule has 4 aromatic carbocycles. The van der Waals surface area contributed by atoms with Crippen LogP contribution in [0.3, 0.4) is 0 Å². The quantitative estimate of drug-likeness (QED) is 0.234. The molecule has 0 amide bonds. The van der Waals surface area contributed by atoms with Gasteiger partial charge in [-0.25, -0.2) is 8.42 Å². The summed E-state index contributed by atoms with van der Waals surface area (Å²) < 4.78 is 38.5. The van der Waals surface area contributed by atoms with Crippen molar-refractivity contribution < 1.29 is 28.1 Å². The molecule has 0 aliphatic heterocycles. The normalized spacial score (nSPS) is 11.5. The Bertz CT molecular complexity index is 1850. The first-order chi connectivity index (χ1) is 20.1. The van der Waals surface area contributed by atoms with Gasteiger partial charge in [-0.05, 0) is 138 Å². The molecule has 4 rings (SSSR count). The Kier molecular flexibility index (Phi) is 9.04. The summed E-state index contributed by atoms with van der Waals surface area (Å²) in [6.45, 7) is 10.3. The fraction of sp³-hybridized carbons (Fsp3) is 0.222. The van der Waals surface area contributed by atoms with E-state index in [2.05, 4.69) is 23.7 Å². The molecular weight excluding hydrogens is 560 g/mol. The molecule has 0 aliphatic carbocycles. The SMILES string of the molecule is Cc1cc(C#CC(C)(C)O)cc(Oc2ccc(S(=O)(=O)c3ccc(Oc4ccc(C#CC(C)(C)O)cc4C)cc3)cc2)c1. The molecule has 0 aromatic heterocycles. The van der Waals surface area contributed by atoms with Crippen LogP contribution in [0.1, 0.15) is 49.9 Å². The summed E-state index contributed by atoms with van der Waals surface area (Å²) in [6, 6.07) is 23.4. The number of benzene rings is 4. The van der Waals surface area contributed by atoms with E-state index in [1.165, 1.54) is 24.3 Å². The molecule has 2 N–H and O–H groups in total. The van der Waals surface area contributed by atoms with E-state index < -0.39 is 21.0 Å². The van der Waals surface area contributed by atoms with Crippen LogP contribution in [0, 0.1) is 37.5 Å². The largest absolute Gasteiger partial charge is 0.457 e. The molecule has 0 bridgehead atoms. The lowest BCUT2D eigenvalue weighted by molar-refractivity contribution is 0.143. The lowest BCUT2D eigenvalue weighted by Crippen LogP contribution is -2.14. The minimum atomic E-state index is -3.77. The predicted molar refractivity (Wildman–Crippen MR) is 167 cm³/mol. The van der Waals surface area contributed by atoms with Crippen molar-refractivity contribution in [2.75, 3.05) is 0 Å². The van der Waals surface area contributed by atoms with Gasteiger partial charge >= 0.3 is 0 Å². The van der Waals surface area contributed by atoms with Gasteiger partial charge in [0.25, 0.3) is 0 Å². The van der Waals surface area contributed by atoms with Gasteiger partial charge in [0.05, 0.1) is 9.79 Å². The second-order valence-corrected chi connectivity index (χ2v) is 13.2. The van der Waals surface area contributed by atoms with Crippen molar-refractivity contribution in [1.29, 1.82) is 0 Å². The van der Waals surface area contributed by atoms with Gasteiger partial charge in [0.1, 0.15) is 34.2 Å². The fourth-order valence-corrected chi connectivity index (χ4v) is 5.20. The first-order valence-electron chi connectivity index (χ1n) is 13.6. The van der Waals surface area contributed by atoms with Gasteiger partial charge in [0, 0.05) is 11.1 Å². The molecule has 0 saturated carbocycles. The molecule has 220 valence electrons. The van der Waals surface area contributed by atoms with E-state index in [-0.39, 0.29) is 9.79 Å². The van der Waals surface area contributed by atoms with Crippen LogP contribution in [-0.4, -0.2) is 29.8 Å². The average molecular weight is 595 g/mol. The summed E-state index contributed by atoms with van der Waals surface area (Å²) in [5, 5.41) is 19.7. The highest BCUT2D eigenvalue weighted by Gasteiger charge is 2.18. The lowest BCUT2D eigenvalue weighted by Gasteiger charge is -2.11. The van der Waals surface area contributed by atoms with Gasteiger partial charge in [-0.2, -0.15) is 0 Å². The van der Waals surface area contributed by atoms with Crippen LogP contribution in [0.4, 0.5) is 0 Å². The summed E-state index contributed by atoms with van der Waals surface area (Å²) >= 11 is 0. The molecule has 0 radical (unpaired) electrons. The lowest BCUT2D eigenvalue weighted by atomic mass is 10.1. The average Bonchev–Trinajstić information content (AvgIpc) is 2.92. The van der Waals surface area contributed by atoms with Crippen molar-refractivity contribution in [3.63, 3.8) is 0 Å². The van der Waals surface area contributed by atoms with Crippen LogP contribution < -0.4 is 9.47 Å². The van der Waals surface area contributed by atoms with Gasteiger partial charge in [0.15, 0.2) is 0 Å². The van der Waals surface area contributed by atoms with Crippen molar-refractivity contribution in [3.05, 3.63) is 107 Å². The van der Waals surface area contributed by atoms with E-state index in [0.29, 0.717) is 28.6 Å². The Morgan fingerprint density at radius 3 is 1.63 bits per heavy atom. The van der Waals surface area contributed by atoms with Gasteiger partial charge in [-0.3, -0.25) is 0 Å². The van der Waals surface area contributed by atoms with E-state index >= 15 is 0 Å². The molecule has 0 unspecified atom stereocenters. The Hall–Kier alpha value is -4.53. The van der Waals surface area contributed by atoms with Crippen LogP contribution in [0.15, 0.2) is 94.7 Å². The Labute approximate surface area is 253 Å². The zero-order valence-corrected chi connectivity index (χ0v) is 25.8. The first kappa shape index (κ1) is 31.4. The second-order valence-electron chi connectivity index (χ2n) is 11.3. The van der Waals surface area contributed by atoms with Crippen LogP contribution in [-0.2, 0) is 9.84 Å². The maximum absolute atomic E-state index is 13.3. The van der Waals surface area contributed by atoms with Gasteiger partial charge < -0.3 is 19.7 Å². The van der Waals surface area contributed by atoms with E-state index in [1.54, 1.807) is 70.2 Å². The number of aliphatic hydroxyl groups is 2. The topological polar surface area (TPSA) is 93.1 Å². The zero-order valence-electron chi connectivity index (χ0n) is 25.0. The van der Waals surface area contributed by atoms with E-state index in [4.69, 9.17) is 9.47 Å². The summed E-state index contributed by atoms with van der Waals surface area (Å²) in [5.74, 6) is 13.6. The maximum atomic E-state index is 13.3. The third kappa shape index (κ3) is 8.98. The minimum Gasteiger partial charge on any atom is -0.457 e. The second kappa shape index (κ2) is 12.4. The molecule has 43 heavy (non-hydrogen) atoms. The van der Waals surface area contributed by atoms with Crippen LogP contribution in [0.25, 0.3) is 0 Å². The van der Waals surface area contributed by atoms with Crippen molar-refractivity contribution in [2.45, 2.75) is 62.5 Å². The number of hydrogen-bond acceptors (Lipinski definition) is 6. The number of ether oxygens (including phenoxy) is 2. The highest BCUT2D eigenvalue weighted by Crippen LogP contribution is 2.30.